The second-order valence-corrected chi connectivity index (χ2v) is 0. The quantitative estimate of drug-likeness (QED) is 0.360. The molecule has 0 amide bonds. The molecule has 0 aliphatic rings. The molecule has 0 rings (SSSR count). The van der Waals surface area contributed by atoms with Gasteiger partial charge in [0.2, 0.25) is 0 Å². The first-order valence-electron chi connectivity index (χ1n) is 0. The fraction of sp³-hybridized carbons (Fsp3) is 0. The van der Waals surface area contributed by atoms with E-state index >= 15 is 0 Å². The van der Waals surface area contributed by atoms with Crippen LogP contribution in [0.15, 0.2) is 0 Å². The minimum atomic E-state index is 0. The standard InChI is InChI=1S/Au.Ga.In.Zn.6H. The van der Waals surface area contributed by atoms with Crippen LogP contribution in [0, 0.1) is 0 Å². The molecule has 25 valence electrons. The molecule has 0 aliphatic heterocycles. The third-order valence-electron chi connectivity index (χ3n) is 0. The van der Waals surface area contributed by atoms with Gasteiger partial charge in [-0.3, -0.25) is 0 Å². The van der Waals surface area contributed by atoms with E-state index in [2.05, 4.69) is 0 Å². The zero-order chi connectivity index (χ0) is 0. The Hall–Kier alpha value is 2.87. The summed E-state index contributed by atoms with van der Waals surface area (Å²) in [6.07, 6.45) is 0. The molecule has 0 spiro atoms. The van der Waals surface area contributed by atoms with Crippen LogP contribution in [0.5, 0.6) is 0 Å². The van der Waals surface area contributed by atoms with E-state index in [0.29, 0.717) is 0 Å². The topological polar surface area (TPSA) is 0 Å². The maximum Gasteiger partial charge on any atom is 0 e. The Bertz CT molecular complexity index is 8.00. The molecular formula is H6AuGaInZn. The summed E-state index contributed by atoms with van der Waals surface area (Å²) in [6, 6.07) is 0. The molecule has 1 radical (unpaired) electrons. The van der Waals surface area contributed by atoms with E-state index in [1.54, 1.807) is 0 Å². The van der Waals surface area contributed by atoms with Gasteiger partial charge in [0.15, 0.2) is 0 Å². The summed E-state index contributed by atoms with van der Waals surface area (Å²) in [5.41, 5.74) is 0. The maximum absolute atomic E-state index is 0. The monoisotopic (exact) mass is 451 g/mol. The minimum absolute atomic E-state index is 0. The number of hydrogen-bond acceptors (Lipinski definition) is 0. The van der Waals surface area contributed by atoms with E-state index in [1.807, 2.05) is 0 Å². The van der Waals surface area contributed by atoms with Gasteiger partial charge >= 0.3 is 45.6 Å². The van der Waals surface area contributed by atoms with Crippen molar-refractivity contribution < 1.29 is 41.9 Å². The Morgan fingerprint density at radius 3 is 1.00 bits per heavy atom. The van der Waals surface area contributed by atoms with Crippen LogP contribution in [-0.4, -0.2) is 45.6 Å². The third kappa shape index (κ3) is 8.85. The SMILES string of the molecule is [Au].[GaH3].[InH3].[Zn]. The third-order valence-corrected chi connectivity index (χ3v) is 0. The average molecular weight is 453 g/mol. The number of rotatable bonds is 0. The van der Waals surface area contributed by atoms with Crippen molar-refractivity contribution in [3.8, 4) is 0 Å². The van der Waals surface area contributed by atoms with Crippen molar-refractivity contribution in [1.82, 2.24) is 0 Å². The predicted octanol–water partition coefficient (Wildman–Crippen LogP) is -2.37. The van der Waals surface area contributed by atoms with Crippen molar-refractivity contribution in [2.24, 2.45) is 0 Å². The molecule has 0 aromatic rings. The van der Waals surface area contributed by atoms with Crippen LogP contribution in [0.25, 0.3) is 0 Å². The maximum atomic E-state index is 0. The summed E-state index contributed by atoms with van der Waals surface area (Å²) < 4.78 is 0. The van der Waals surface area contributed by atoms with Gasteiger partial charge in [0.05, 0.1) is 0 Å². The molecule has 0 saturated carbocycles. The van der Waals surface area contributed by atoms with Crippen LogP contribution >= 0.6 is 0 Å². The smallest absolute Gasteiger partial charge is 0 e. The Kier molecular flexibility index (Phi) is 121. The van der Waals surface area contributed by atoms with Crippen LogP contribution in [0.4, 0.5) is 0 Å². The van der Waals surface area contributed by atoms with Crippen LogP contribution in [0.1, 0.15) is 0 Å². The van der Waals surface area contributed by atoms with Gasteiger partial charge in [-0.05, 0) is 0 Å². The molecule has 0 aromatic heterocycles. The second-order valence-electron chi connectivity index (χ2n) is 0. The first-order valence-corrected chi connectivity index (χ1v) is 0. The average Bonchev–Trinajstić information content (AvgIpc) is 0. The van der Waals surface area contributed by atoms with Crippen molar-refractivity contribution in [1.29, 1.82) is 0 Å². The van der Waals surface area contributed by atoms with Gasteiger partial charge in [0.1, 0.15) is 0 Å². The van der Waals surface area contributed by atoms with Gasteiger partial charge in [-0.1, -0.05) is 0 Å². The second kappa shape index (κ2) is 16.9. The molecule has 0 aromatic carbocycles. The minimum Gasteiger partial charge on any atom is 0 e. The van der Waals surface area contributed by atoms with E-state index in [-0.39, 0.29) is 87.5 Å². The van der Waals surface area contributed by atoms with E-state index in [1.165, 1.54) is 0 Å². The molecular weight excluding hydrogens is 447 g/mol. The van der Waals surface area contributed by atoms with Crippen molar-refractivity contribution in [2.75, 3.05) is 0 Å². The summed E-state index contributed by atoms with van der Waals surface area (Å²) >= 11 is 0. The van der Waals surface area contributed by atoms with E-state index < -0.39 is 0 Å². The molecule has 0 saturated heterocycles. The van der Waals surface area contributed by atoms with Crippen molar-refractivity contribution >= 4 is 45.6 Å². The van der Waals surface area contributed by atoms with Crippen LogP contribution < -0.4 is 0 Å². The normalized spacial score (nSPS) is 0. The van der Waals surface area contributed by atoms with E-state index in [9.17, 15) is 0 Å². The molecule has 0 bridgehead atoms. The first kappa shape index (κ1) is 28.7. The Balaban J connectivity index is 0. The molecule has 0 aliphatic carbocycles. The zero-order valence-electron chi connectivity index (χ0n) is 1.01. The Morgan fingerprint density at radius 1 is 1.00 bits per heavy atom. The van der Waals surface area contributed by atoms with Gasteiger partial charge < -0.3 is 0 Å². The van der Waals surface area contributed by atoms with Crippen LogP contribution in [0.2, 0.25) is 0 Å². The summed E-state index contributed by atoms with van der Waals surface area (Å²) in [7, 11) is 0. The molecule has 4 heteroatoms. The first-order chi connectivity index (χ1) is 0. The van der Waals surface area contributed by atoms with Crippen LogP contribution in [-0.2, 0) is 41.9 Å². The Morgan fingerprint density at radius 2 is 1.00 bits per heavy atom. The zero-order valence-corrected chi connectivity index (χ0v) is 6.14. The summed E-state index contributed by atoms with van der Waals surface area (Å²) in [6.45, 7) is 0. The fourth-order valence-corrected chi connectivity index (χ4v) is 0. The molecule has 0 fully saturated rings. The Labute approximate surface area is 86.0 Å². The van der Waals surface area contributed by atoms with Crippen LogP contribution in [0.3, 0.4) is 0 Å². The van der Waals surface area contributed by atoms with Gasteiger partial charge in [0, 0.05) is 41.9 Å². The largest absolute Gasteiger partial charge is 0 e. The molecule has 0 unspecified atom stereocenters. The van der Waals surface area contributed by atoms with Gasteiger partial charge in [-0.15, -0.1) is 0 Å². The summed E-state index contributed by atoms with van der Waals surface area (Å²) in [5.74, 6) is 0. The van der Waals surface area contributed by atoms with Gasteiger partial charge in [-0.25, -0.2) is 0 Å². The van der Waals surface area contributed by atoms with E-state index in [4.69, 9.17) is 0 Å². The van der Waals surface area contributed by atoms with Gasteiger partial charge in [-0.2, -0.15) is 0 Å². The molecule has 4 heavy (non-hydrogen) atoms. The summed E-state index contributed by atoms with van der Waals surface area (Å²) in [4.78, 5) is 0. The molecule has 0 atom stereocenters. The molecule has 0 nitrogen and oxygen atoms in total. The molecule has 0 heterocycles. The van der Waals surface area contributed by atoms with Crippen molar-refractivity contribution in [2.45, 2.75) is 0 Å². The summed E-state index contributed by atoms with van der Waals surface area (Å²) in [5, 5.41) is 0. The van der Waals surface area contributed by atoms with Crippen molar-refractivity contribution in [3.63, 3.8) is 0 Å². The van der Waals surface area contributed by atoms with E-state index in [0.717, 1.165) is 0 Å². The van der Waals surface area contributed by atoms with Gasteiger partial charge in [0.25, 0.3) is 0 Å². The fourth-order valence-electron chi connectivity index (χ4n) is 0. The predicted molar refractivity (Wildman–Crippen MR) is 19.9 cm³/mol. The molecule has 0 N–H and O–H groups in total. The number of hydrogen-bond donors (Lipinski definition) is 0. The van der Waals surface area contributed by atoms with Crippen molar-refractivity contribution in [3.05, 3.63) is 0 Å².